The molecule has 1 rings (SSSR count). The third kappa shape index (κ3) is 4.83. The van der Waals surface area contributed by atoms with E-state index in [1.54, 1.807) is 12.1 Å². The summed E-state index contributed by atoms with van der Waals surface area (Å²) in [4.78, 5) is 0. The molecule has 16 heavy (non-hydrogen) atoms. The van der Waals surface area contributed by atoms with Gasteiger partial charge in [0.25, 0.3) is 0 Å². The number of hydrogen-bond acceptors (Lipinski definition) is 2. The lowest BCUT2D eigenvalue weighted by molar-refractivity contribution is 0.544. The average Bonchev–Trinajstić information content (AvgIpc) is 2.25. The van der Waals surface area contributed by atoms with Crippen molar-refractivity contribution in [1.29, 1.82) is 0 Å². The molecule has 0 fully saturated rings. The van der Waals surface area contributed by atoms with Crippen LogP contribution < -0.4 is 5.32 Å². The number of nitrogens with one attached hydrogen (secondary N) is 1. The van der Waals surface area contributed by atoms with Gasteiger partial charge >= 0.3 is 0 Å². The molecule has 0 saturated carbocycles. The minimum absolute atomic E-state index is 0.118. The van der Waals surface area contributed by atoms with Gasteiger partial charge in [-0.05, 0) is 37.6 Å². The number of halogens is 1. The quantitative estimate of drug-likeness (QED) is 0.596. The van der Waals surface area contributed by atoms with Gasteiger partial charge in [-0.2, -0.15) is 0 Å². The van der Waals surface area contributed by atoms with E-state index in [0.29, 0.717) is 13.0 Å². The summed E-state index contributed by atoms with van der Waals surface area (Å²) in [7, 11) is 0. The van der Waals surface area contributed by atoms with Crippen molar-refractivity contribution < 1.29 is 13.2 Å². The smallest absolute Gasteiger partial charge is 0.152 e. The van der Waals surface area contributed by atoms with E-state index < -0.39 is 11.1 Å². The van der Waals surface area contributed by atoms with Gasteiger partial charge in [0.1, 0.15) is 5.82 Å². The van der Waals surface area contributed by atoms with E-state index in [1.807, 2.05) is 6.92 Å². The summed E-state index contributed by atoms with van der Waals surface area (Å²) < 4.78 is 31.6. The highest BCUT2D eigenvalue weighted by molar-refractivity contribution is 7.79. The van der Waals surface area contributed by atoms with E-state index in [4.69, 9.17) is 4.55 Å². The highest BCUT2D eigenvalue weighted by Crippen LogP contribution is 2.12. The fraction of sp³-hybridized carbons (Fsp3) is 0.455. The standard InChI is InChI=1S/C11H16FNO2S/c1-9(13-7-2-8-16(14)15)10-3-5-11(12)6-4-10/h3-6,9,13H,2,7-8H2,1H3,(H,14,15). The van der Waals surface area contributed by atoms with Crippen LogP contribution in [0.15, 0.2) is 24.3 Å². The third-order valence-electron chi connectivity index (χ3n) is 2.32. The molecule has 2 N–H and O–H groups in total. The first-order valence-electron chi connectivity index (χ1n) is 5.16. The van der Waals surface area contributed by atoms with Crippen LogP contribution in [-0.4, -0.2) is 21.1 Å². The molecule has 0 aromatic heterocycles. The molecule has 0 aliphatic rings. The Morgan fingerprint density at radius 2 is 2.06 bits per heavy atom. The predicted molar refractivity (Wildman–Crippen MR) is 63.1 cm³/mol. The summed E-state index contributed by atoms with van der Waals surface area (Å²) in [6.07, 6.45) is 0.647. The van der Waals surface area contributed by atoms with Crippen LogP contribution in [0.4, 0.5) is 4.39 Å². The summed E-state index contributed by atoms with van der Waals surface area (Å²) in [5.41, 5.74) is 1.01. The lowest BCUT2D eigenvalue weighted by Crippen LogP contribution is -2.21. The molecule has 90 valence electrons. The first kappa shape index (κ1) is 13.3. The molecule has 0 bridgehead atoms. The summed E-state index contributed by atoms with van der Waals surface area (Å²) in [6, 6.07) is 6.44. The zero-order chi connectivity index (χ0) is 12.0. The van der Waals surface area contributed by atoms with Crippen LogP contribution in [-0.2, 0) is 11.1 Å². The molecule has 5 heteroatoms. The van der Waals surface area contributed by atoms with Gasteiger partial charge in [0.2, 0.25) is 0 Å². The van der Waals surface area contributed by atoms with E-state index in [2.05, 4.69) is 5.32 Å². The van der Waals surface area contributed by atoms with Gasteiger partial charge in [-0.15, -0.1) is 0 Å². The molecule has 0 radical (unpaired) electrons. The molecule has 1 aromatic rings. The van der Waals surface area contributed by atoms with Gasteiger partial charge in [-0.1, -0.05) is 12.1 Å². The van der Waals surface area contributed by atoms with Crippen molar-refractivity contribution in [2.75, 3.05) is 12.3 Å². The van der Waals surface area contributed by atoms with Crippen LogP contribution >= 0.6 is 0 Å². The fourth-order valence-electron chi connectivity index (χ4n) is 1.38. The molecular formula is C11H16FNO2S. The van der Waals surface area contributed by atoms with E-state index in [1.165, 1.54) is 12.1 Å². The number of hydrogen-bond donors (Lipinski definition) is 2. The van der Waals surface area contributed by atoms with Gasteiger partial charge in [-0.25, -0.2) is 8.60 Å². The molecular weight excluding hydrogens is 229 g/mol. The van der Waals surface area contributed by atoms with E-state index in [0.717, 1.165) is 5.56 Å². The largest absolute Gasteiger partial charge is 0.310 e. The fourth-order valence-corrected chi connectivity index (χ4v) is 1.77. The average molecular weight is 245 g/mol. The first-order chi connectivity index (χ1) is 7.59. The van der Waals surface area contributed by atoms with Crippen LogP contribution in [0, 0.1) is 5.82 Å². The molecule has 0 amide bonds. The van der Waals surface area contributed by atoms with Crippen molar-refractivity contribution in [1.82, 2.24) is 5.32 Å². The zero-order valence-electron chi connectivity index (χ0n) is 9.15. The van der Waals surface area contributed by atoms with E-state index in [9.17, 15) is 8.60 Å². The SMILES string of the molecule is CC(NCCCS(=O)O)c1ccc(F)cc1. The molecule has 0 aliphatic heterocycles. The summed E-state index contributed by atoms with van der Waals surface area (Å²) in [5, 5.41) is 3.21. The lowest BCUT2D eigenvalue weighted by Gasteiger charge is -2.13. The predicted octanol–water partition coefficient (Wildman–Crippen LogP) is 2.09. The molecule has 1 aromatic carbocycles. The molecule has 0 heterocycles. The maximum atomic E-state index is 12.7. The Labute approximate surface area is 97.3 Å². The Morgan fingerprint density at radius 1 is 1.44 bits per heavy atom. The van der Waals surface area contributed by atoms with Crippen LogP contribution in [0.3, 0.4) is 0 Å². The maximum Gasteiger partial charge on any atom is 0.152 e. The Kier molecular flexibility index (Phi) is 5.59. The second-order valence-corrected chi connectivity index (χ2v) is 4.66. The molecule has 0 spiro atoms. The Balaban J connectivity index is 2.32. The minimum Gasteiger partial charge on any atom is -0.310 e. The van der Waals surface area contributed by atoms with Gasteiger partial charge in [0.05, 0.1) is 5.75 Å². The zero-order valence-corrected chi connectivity index (χ0v) is 9.97. The Bertz CT molecular complexity index is 342. The van der Waals surface area contributed by atoms with Crippen molar-refractivity contribution >= 4 is 11.1 Å². The highest BCUT2D eigenvalue weighted by atomic mass is 32.2. The summed E-state index contributed by atoms with van der Waals surface area (Å²) >= 11 is -1.72. The number of benzene rings is 1. The lowest BCUT2D eigenvalue weighted by atomic mass is 10.1. The monoisotopic (exact) mass is 245 g/mol. The molecule has 0 aliphatic carbocycles. The second-order valence-electron chi connectivity index (χ2n) is 3.61. The van der Waals surface area contributed by atoms with Crippen molar-refractivity contribution in [3.63, 3.8) is 0 Å². The topological polar surface area (TPSA) is 49.3 Å². The molecule has 2 atom stereocenters. The van der Waals surface area contributed by atoms with Gasteiger partial charge in [-0.3, -0.25) is 0 Å². The molecule has 0 saturated heterocycles. The van der Waals surface area contributed by atoms with Crippen LogP contribution in [0.25, 0.3) is 0 Å². The van der Waals surface area contributed by atoms with Crippen molar-refractivity contribution in [3.05, 3.63) is 35.6 Å². The summed E-state index contributed by atoms with van der Waals surface area (Å²) in [6.45, 7) is 2.65. The normalized spacial score (nSPS) is 14.7. The second kappa shape index (κ2) is 6.73. The Hall–Kier alpha value is -0.780. The van der Waals surface area contributed by atoms with Crippen molar-refractivity contribution in [3.8, 4) is 0 Å². The highest BCUT2D eigenvalue weighted by Gasteiger charge is 2.04. The van der Waals surface area contributed by atoms with Crippen LogP contribution in [0.1, 0.15) is 24.9 Å². The molecule has 2 unspecified atom stereocenters. The maximum absolute atomic E-state index is 12.7. The third-order valence-corrected chi connectivity index (χ3v) is 2.95. The van der Waals surface area contributed by atoms with Crippen molar-refractivity contribution in [2.24, 2.45) is 0 Å². The van der Waals surface area contributed by atoms with E-state index >= 15 is 0 Å². The molecule has 3 nitrogen and oxygen atoms in total. The van der Waals surface area contributed by atoms with E-state index in [-0.39, 0.29) is 17.6 Å². The van der Waals surface area contributed by atoms with Gasteiger partial charge in [0.15, 0.2) is 11.1 Å². The Morgan fingerprint density at radius 3 is 2.62 bits per heavy atom. The van der Waals surface area contributed by atoms with Crippen LogP contribution in [0.2, 0.25) is 0 Å². The minimum atomic E-state index is -1.72. The van der Waals surface area contributed by atoms with Crippen molar-refractivity contribution in [2.45, 2.75) is 19.4 Å². The van der Waals surface area contributed by atoms with Gasteiger partial charge in [0, 0.05) is 6.04 Å². The van der Waals surface area contributed by atoms with Gasteiger partial charge < -0.3 is 9.87 Å². The number of rotatable bonds is 6. The first-order valence-corrected chi connectivity index (χ1v) is 6.43. The van der Waals surface area contributed by atoms with Crippen LogP contribution in [0.5, 0.6) is 0 Å². The summed E-state index contributed by atoms with van der Waals surface area (Å²) in [5.74, 6) is 0.0370.